The van der Waals surface area contributed by atoms with Gasteiger partial charge in [0.15, 0.2) is 0 Å². The van der Waals surface area contributed by atoms with E-state index >= 15 is 0 Å². The topological polar surface area (TPSA) is 72.2 Å². The van der Waals surface area contributed by atoms with Crippen molar-refractivity contribution in [3.05, 3.63) is 52.1 Å². The minimum atomic E-state index is -4.59. The fourth-order valence-electron chi connectivity index (χ4n) is 2.80. The molecule has 1 amide bonds. The van der Waals surface area contributed by atoms with Gasteiger partial charge in [-0.15, -0.1) is 0 Å². The smallest absolute Gasteiger partial charge is 0.326 e. The van der Waals surface area contributed by atoms with E-state index in [9.17, 15) is 18.0 Å². The highest BCUT2D eigenvalue weighted by Gasteiger charge is 2.33. The van der Waals surface area contributed by atoms with Gasteiger partial charge >= 0.3 is 6.18 Å². The zero-order valence-corrected chi connectivity index (χ0v) is 15.2. The standard InChI is InChI=1S/C17H15ClF3N5O/c1-9-12(10(2)26-16(24-9)22-8-23-26)4-6-15(27)25-11-3-5-14(18)13(7-11)17(19,20)21/h3,5,7-8H,4,6H2,1-2H3,(H,25,27). The Morgan fingerprint density at radius 2 is 2.04 bits per heavy atom. The summed E-state index contributed by atoms with van der Waals surface area (Å²) in [5.74, 6) is 0.0574. The molecule has 0 fully saturated rings. The van der Waals surface area contributed by atoms with Crippen molar-refractivity contribution in [1.29, 1.82) is 0 Å². The Kier molecular flexibility index (Phi) is 5.05. The Morgan fingerprint density at radius 3 is 2.74 bits per heavy atom. The second-order valence-electron chi connectivity index (χ2n) is 5.97. The average molecular weight is 398 g/mol. The van der Waals surface area contributed by atoms with Crippen LogP contribution in [-0.4, -0.2) is 25.5 Å². The van der Waals surface area contributed by atoms with E-state index in [1.165, 1.54) is 12.4 Å². The summed E-state index contributed by atoms with van der Waals surface area (Å²) in [6.45, 7) is 3.65. The summed E-state index contributed by atoms with van der Waals surface area (Å²) in [5, 5.41) is 6.13. The summed E-state index contributed by atoms with van der Waals surface area (Å²) < 4.78 is 40.3. The number of halogens is 4. The zero-order chi connectivity index (χ0) is 19.8. The SMILES string of the molecule is Cc1nc2ncnn2c(C)c1CCC(=O)Nc1ccc(Cl)c(C(F)(F)F)c1. The monoisotopic (exact) mass is 397 g/mol. The third-order valence-electron chi connectivity index (χ3n) is 4.15. The predicted octanol–water partition coefficient (Wildman–Crippen LogP) is 3.98. The van der Waals surface area contributed by atoms with Gasteiger partial charge in [0.2, 0.25) is 5.91 Å². The first-order valence-corrected chi connectivity index (χ1v) is 8.37. The molecule has 0 saturated heterocycles. The van der Waals surface area contributed by atoms with E-state index in [2.05, 4.69) is 20.4 Å². The minimum Gasteiger partial charge on any atom is -0.326 e. The molecule has 1 N–H and O–H groups in total. The molecule has 3 aromatic rings. The molecule has 0 aliphatic heterocycles. The van der Waals surface area contributed by atoms with Gasteiger partial charge in [-0.05, 0) is 44.0 Å². The number of alkyl halides is 3. The molecule has 0 unspecified atom stereocenters. The highest BCUT2D eigenvalue weighted by molar-refractivity contribution is 6.31. The molecule has 0 spiro atoms. The number of fused-ring (bicyclic) bond motifs is 1. The van der Waals surface area contributed by atoms with Crippen LogP contribution in [0, 0.1) is 13.8 Å². The van der Waals surface area contributed by atoms with Crippen molar-refractivity contribution < 1.29 is 18.0 Å². The summed E-state index contributed by atoms with van der Waals surface area (Å²) in [4.78, 5) is 20.5. The first-order valence-electron chi connectivity index (χ1n) is 7.99. The first-order chi connectivity index (χ1) is 12.7. The van der Waals surface area contributed by atoms with E-state index in [1.54, 1.807) is 4.52 Å². The molecule has 3 rings (SSSR count). The number of hydrogen-bond donors (Lipinski definition) is 1. The van der Waals surface area contributed by atoms with E-state index in [1.807, 2.05) is 13.8 Å². The summed E-state index contributed by atoms with van der Waals surface area (Å²) in [5.41, 5.74) is 1.43. The number of carbonyl (C=O) groups excluding carboxylic acids is 1. The van der Waals surface area contributed by atoms with Crippen LogP contribution in [0.5, 0.6) is 0 Å². The number of aromatic nitrogens is 4. The van der Waals surface area contributed by atoms with Crippen LogP contribution in [0.25, 0.3) is 5.78 Å². The van der Waals surface area contributed by atoms with Crippen molar-refractivity contribution >= 4 is 29.0 Å². The minimum absolute atomic E-state index is 0.0371. The summed E-state index contributed by atoms with van der Waals surface area (Å²) >= 11 is 5.58. The van der Waals surface area contributed by atoms with Gasteiger partial charge in [-0.25, -0.2) is 9.50 Å². The first kappa shape index (κ1) is 19.1. The van der Waals surface area contributed by atoms with Gasteiger partial charge in [0, 0.05) is 23.5 Å². The summed E-state index contributed by atoms with van der Waals surface area (Å²) in [6, 6.07) is 3.26. The van der Waals surface area contributed by atoms with Crippen LogP contribution in [0.4, 0.5) is 18.9 Å². The average Bonchev–Trinajstić information content (AvgIpc) is 3.04. The summed E-state index contributed by atoms with van der Waals surface area (Å²) in [7, 11) is 0. The number of nitrogens with zero attached hydrogens (tertiary/aromatic N) is 4. The molecule has 0 aliphatic rings. The largest absolute Gasteiger partial charge is 0.417 e. The third-order valence-corrected chi connectivity index (χ3v) is 4.48. The number of hydrogen-bond acceptors (Lipinski definition) is 4. The maximum absolute atomic E-state index is 12.9. The number of aryl methyl sites for hydroxylation is 2. The Balaban J connectivity index is 1.72. The Bertz CT molecular complexity index is 1020. The van der Waals surface area contributed by atoms with Crippen LogP contribution < -0.4 is 5.32 Å². The van der Waals surface area contributed by atoms with Gasteiger partial charge in [-0.2, -0.15) is 23.3 Å². The van der Waals surface area contributed by atoms with Crippen molar-refractivity contribution in [1.82, 2.24) is 19.6 Å². The van der Waals surface area contributed by atoms with Crippen molar-refractivity contribution in [2.24, 2.45) is 0 Å². The van der Waals surface area contributed by atoms with E-state index in [0.29, 0.717) is 12.2 Å². The van der Waals surface area contributed by atoms with Gasteiger partial charge < -0.3 is 5.32 Å². The van der Waals surface area contributed by atoms with Crippen LogP contribution in [0.3, 0.4) is 0 Å². The molecule has 1 aromatic carbocycles. The molecule has 0 saturated carbocycles. The molecule has 0 atom stereocenters. The lowest BCUT2D eigenvalue weighted by molar-refractivity contribution is -0.137. The Labute approximate surface area is 157 Å². The van der Waals surface area contributed by atoms with Crippen LogP contribution >= 0.6 is 11.6 Å². The van der Waals surface area contributed by atoms with E-state index < -0.39 is 22.7 Å². The van der Waals surface area contributed by atoms with Crippen molar-refractivity contribution in [2.45, 2.75) is 32.9 Å². The fraction of sp³-hybridized carbons (Fsp3) is 0.294. The Hall–Kier alpha value is -2.68. The number of anilines is 1. The van der Waals surface area contributed by atoms with Gasteiger partial charge in [0.1, 0.15) is 6.33 Å². The predicted molar refractivity (Wildman–Crippen MR) is 93.7 cm³/mol. The number of benzene rings is 1. The highest BCUT2D eigenvalue weighted by atomic mass is 35.5. The van der Waals surface area contributed by atoms with E-state index in [-0.39, 0.29) is 12.1 Å². The summed E-state index contributed by atoms with van der Waals surface area (Å²) in [6.07, 6.45) is -2.76. The maximum atomic E-state index is 12.9. The van der Waals surface area contributed by atoms with Gasteiger partial charge in [-0.3, -0.25) is 4.79 Å². The number of carbonyl (C=O) groups is 1. The van der Waals surface area contributed by atoms with Crippen molar-refractivity contribution in [3.63, 3.8) is 0 Å². The fourth-order valence-corrected chi connectivity index (χ4v) is 3.02. The van der Waals surface area contributed by atoms with Gasteiger partial charge in [0.05, 0.1) is 10.6 Å². The number of amides is 1. The normalized spacial score (nSPS) is 11.8. The molecule has 0 bridgehead atoms. The third kappa shape index (κ3) is 4.02. The quantitative estimate of drug-likeness (QED) is 0.722. The van der Waals surface area contributed by atoms with E-state index in [0.717, 1.165) is 29.1 Å². The van der Waals surface area contributed by atoms with E-state index in [4.69, 9.17) is 11.6 Å². The lowest BCUT2D eigenvalue weighted by atomic mass is 10.1. The molecular weight excluding hydrogens is 383 g/mol. The Morgan fingerprint density at radius 1 is 1.30 bits per heavy atom. The van der Waals surface area contributed by atoms with Crippen molar-refractivity contribution in [2.75, 3.05) is 5.32 Å². The number of nitrogens with one attached hydrogen (secondary N) is 1. The second kappa shape index (κ2) is 7.15. The molecule has 0 aliphatic carbocycles. The van der Waals surface area contributed by atoms with Gasteiger partial charge in [-0.1, -0.05) is 11.6 Å². The van der Waals surface area contributed by atoms with Crippen LogP contribution in [-0.2, 0) is 17.4 Å². The molecule has 6 nitrogen and oxygen atoms in total. The van der Waals surface area contributed by atoms with Crippen LogP contribution in [0.2, 0.25) is 5.02 Å². The molecule has 2 aromatic heterocycles. The molecule has 2 heterocycles. The lowest BCUT2D eigenvalue weighted by Crippen LogP contribution is -2.15. The molecule has 27 heavy (non-hydrogen) atoms. The van der Waals surface area contributed by atoms with Crippen LogP contribution in [0.1, 0.15) is 28.9 Å². The maximum Gasteiger partial charge on any atom is 0.417 e. The molecule has 10 heteroatoms. The molecule has 0 radical (unpaired) electrons. The van der Waals surface area contributed by atoms with Crippen molar-refractivity contribution in [3.8, 4) is 0 Å². The molecule has 142 valence electrons. The lowest BCUT2D eigenvalue weighted by Gasteiger charge is -2.13. The highest BCUT2D eigenvalue weighted by Crippen LogP contribution is 2.36. The van der Waals surface area contributed by atoms with Gasteiger partial charge in [0.25, 0.3) is 5.78 Å². The second-order valence-corrected chi connectivity index (χ2v) is 6.38. The zero-order valence-electron chi connectivity index (χ0n) is 14.4. The number of rotatable bonds is 4. The van der Waals surface area contributed by atoms with Crippen LogP contribution in [0.15, 0.2) is 24.5 Å². The molecular formula is C17H15ClF3N5O.